The summed E-state index contributed by atoms with van der Waals surface area (Å²) < 4.78 is 43.9. The van der Waals surface area contributed by atoms with Gasteiger partial charge in [-0.15, -0.1) is 0 Å². The zero-order chi connectivity index (χ0) is 26.3. The second-order valence-electron chi connectivity index (χ2n) is 8.22. The summed E-state index contributed by atoms with van der Waals surface area (Å²) in [6.07, 6.45) is 0.969. The Morgan fingerprint density at radius 2 is 1.89 bits per heavy atom. The van der Waals surface area contributed by atoms with Gasteiger partial charge < -0.3 is 15.6 Å². The van der Waals surface area contributed by atoms with Crippen molar-refractivity contribution in [3.8, 4) is 11.3 Å². The molecule has 0 atom stereocenters. The molecule has 9 nitrogen and oxygen atoms in total. The summed E-state index contributed by atoms with van der Waals surface area (Å²) >= 11 is 5.92. The fraction of sp³-hybridized carbons (Fsp3) is 0.125. The molecule has 5 aromatic rings. The van der Waals surface area contributed by atoms with Crippen molar-refractivity contribution in [2.75, 3.05) is 11.1 Å². The Bertz CT molecular complexity index is 1630. The van der Waals surface area contributed by atoms with E-state index in [1.54, 1.807) is 36.1 Å². The third kappa shape index (κ3) is 4.83. The summed E-state index contributed by atoms with van der Waals surface area (Å²) in [6, 6.07) is 9.69. The number of carbonyl (C=O) groups excluding carboxylic acids is 1. The van der Waals surface area contributed by atoms with Crippen molar-refractivity contribution in [3.05, 3.63) is 88.9 Å². The maximum Gasteiger partial charge on any atom is 0.418 e. The number of nitrogens with one attached hydrogen (secondary N) is 1. The van der Waals surface area contributed by atoms with Gasteiger partial charge in [0.1, 0.15) is 11.8 Å². The number of rotatable bonds is 5. The van der Waals surface area contributed by atoms with Crippen LogP contribution in [0, 0.1) is 6.92 Å². The average Bonchev–Trinajstić information content (AvgIpc) is 3.46. The highest BCUT2D eigenvalue weighted by molar-refractivity contribution is 6.30. The number of fused-ring (bicyclic) bond motifs is 1. The lowest BCUT2D eigenvalue weighted by molar-refractivity contribution is -0.136. The number of aryl methyl sites for hydroxylation is 1. The SMILES string of the molecule is Cc1ncc(-c2cc(C(F)(F)F)c3c(N)ncnn23)cc1C(=O)Nc1cn(Cc2ccc(Cl)cc2)cn1. The first-order chi connectivity index (χ1) is 17.6. The molecule has 0 saturated carbocycles. The fourth-order valence-electron chi connectivity index (χ4n) is 3.89. The topological polar surface area (TPSA) is 116 Å². The first-order valence-corrected chi connectivity index (χ1v) is 11.2. The lowest BCUT2D eigenvalue weighted by atomic mass is 10.1. The molecular formula is C24H18ClF3N8O. The molecule has 37 heavy (non-hydrogen) atoms. The van der Waals surface area contributed by atoms with Gasteiger partial charge >= 0.3 is 6.18 Å². The van der Waals surface area contributed by atoms with Crippen LogP contribution in [-0.2, 0) is 12.7 Å². The first kappa shape index (κ1) is 24.3. The highest BCUT2D eigenvalue weighted by atomic mass is 35.5. The number of benzene rings is 1. The van der Waals surface area contributed by atoms with Crippen LogP contribution in [-0.4, -0.2) is 35.0 Å². The van der Waals surface area contributed by atoms with E-state index in [1.807, 2.05) is 12.1 Å². The minimum absolute atomic E-state index is 0.0604. The molecule has 0 unspecified atom stereocenters. The van der Waals surface area contributed by atoms with Crippen LogP contribution in [0.25, 0.3) is 16.8 Å². The number of pyridine rings is 1. The molecule has 1 aromatic carbocycles. The molecule has 0 aliphatic carbocycles. The van der Waals surface area contributed by atoms with Gasteiger partial charge in [-0.2, -0.15) is 18.3 Å². The van der Waals surface area contributed by atoms with Gasteiger partial charge in [0.05, 0.1) is 28.8 Å². The first-order valence-electron chi connectivity index (χ1n) is 10.8. The number of amides is 1. The van der Waals surface area contributed by atoms with Gasteiger partial charge in [0.25, 0.3) is 5.91 Å². The molecule has 4 aromatic heterocycles. The Hall–Kier alpha value is -4.45. The Balaban J connectivity index is 1.44. The molecule has 0 spiro atoms. The fourth-order valence-corrected chi connectivity index (χ4v) is 4.01. The Kier molecular flexibility index (Phi) is 6.04. The van der Waals surface area contributed by atoms with Gasteiger partial charge in [-0.05, 0) is 36.8 Å². The number of imidazole rings is 1. The molecule has 3 N–H and O–H groups in total. The minimum atomic E-state index is -4.69. The van der Waals surface area contributed by atoms with E-state index < -0.39 is 17.6 Å². The van der Waals surface area contributed by atoms with E-state index in [-0.39, 0.29) is 28.2 Å². The number of halogens is 4. The molecule has 188 valence electrons. The van der Waals surface area contributed by atoms with Crippen molar-refractivity contribution < 1.29 is 18.0 Å². The van der Waals surface area contributed by atoms with Crippen molar-refractivity contribution in [1.82, 2.24) is 29.1 Å². The Morgan fingerprint density at radius 3 is 2.62 bits per heavy atom. The molecule has 0 radical (unpaired) electrons. The van der Waals surface area contributed by atoms with Crippen LogP contribution < -0.4 is 11.1 Å². The monoisotopic (exact) mass is 526 g/mol. The zero-order valence-electron chi connectivity index (χ0n) is 19.2. The van der Waals surface area contributed by atoms with Gasteiger partial charge in [-0.3, -0.25) is 9.78 Å². The lowest BCUT2D eigenvalue weighted by Gasteiger charge is -2.08. The average molecular weight is 527 g/mol. The normalized spacial score (nSPS) is 11.7. The number of carbonyl (C=O) groups is 1. The van der Waals surface area contributed by atoms with Crippen LogP contribution in [0.15, 0.2) is 61.4 Å². The smallest absolute Gasteiger partial charge is 0.382 e. The number of hydrogen-bond acceptors (Lipinski definition) is 6. The molecule has 0 bridgehead atoms. The predicted molar refractivity (Wildman–Crippen MR) is 131 cm³/mol. The highest BCUT2D eigenvalue weighted by Gasteiger charge is 2.36. The quantitative estimate of drug-likeness (QED) is 0.338. The molecule has 4 heterocycles. The summed E-state index contributed by atoms with van der Waals surface area (Å²) in [5.74, 6) is -0.535. The lowest BCUT2D eigenvalue weighted by Crippen LogP contribution is -2.14. The molecule has 0 saturated heterocycles. The van der Waals surface area contributed by atoms with E-state index in [1.165, 1.54) is 12.3 Å². The number of aromatic nitrogens is 6. The molecule has 0 aliphatic rings. The number of nitrogens with two attached hydrogens (primary N) is 1. The molecule has 1 amide bonds. The van der Waals surface area contributed by atoms with Crippen molar-refractivity contribution in [3.63, 3.8) is 0 Å². The summed E-state index contributed by atoms with van der Waals surface area (Å²) in [7, 11) is 0. The number of hydrogen-bond donors (Lipinski definition) is 2. The zero-order valence-corrected chi connectivity index (χ0v) is 19.9. The molecule has 13 heteroatoms. The second-order valence-corrected chi connectivity index (χ2v) is 8.65. The van der Waals surface area contributed by atoms with E-state index in [4.69, 9.17) is 17.3 Å². The highest BCUT2D eigenvalue weighted by Crippen LogP contribution is 2.38. The molecular weight excluding hydrogens is 509 g/mol. The number of nitrogens with zero attached hydrogens (tertiary/aromatic N) is 6. The van der Waals surface area contributed by atoms with E-state index in [2.05, 4.69) is 25.4 Å². The number of anilines is 2. The molecule has 5 rings (SSSR count). The van der Waals surface area contributed by atoms with Crippen LogP contribution in [0.1, 0.15) is 27.2 Å². The van der Waals surface area contributed by atoms with Gasteiger partial charge in [0, 0.05) is 29.5 Å². The van der Waals surface area contributed by atoms with Crippen molar-refractivity contribution in [2.24, 2.45) is 0 Å². The predicted octanol–water partition coefficient (Wildman–Crippen LogP) is 4.85. The summed E-state index contributed by atoms with van der Waals surface area (Å²) in [5.41, 5.74) is 6.21. The summed E-state index contributed by atoms with van der Waals surface area (Å²) in [5, 5.41) is 7.27. The van der Waals surface area contributed by atoms with E-state index in [0.717, 1.165) is 22.5 Å². The maximum absolute atomic E-state index is 13.7. The van der Waals surface area contributed by atoms with E-state index >= 15 is 0 Å². The number of alkyl halides is 3. The van der Waals surface area contributed by atoms with Crippen LogP contribution in [0.3, 0.4) is 0 Å². The Morgan fingerprint density at radius 1 is 1.14 bits per heavy atom. The van der Waals surface area contributed by atoms with Gasteiger partial charge in [-0.25, -0.2) is 14.5 Å². The van der Waals surface area contributed by atoms with Crippen molar-refractivity contribution in [1.29, 1.82) is 0 Å². The van der Waals surface area contributed by atoms with Crippen LogP contribution in [0.5, 0.6) is 0 Å². The summed E-state index contributed by atoms with van der Waals surface area (Å²) in [4.78, 5) is 25.2. The third-order valence-electron chi connectivity index (χ3n) is 5.67. The Labute approximate surface area is 212 Å². The second kappa shape index (κ2) is 9.21. The van der Waals surface area contributed by atoms with Gasteiger partial charge in [0.2, 0.25) is 0 Å². The van der Waals surface area contributed by atoms with Gasteiger partial charge in [0.15, 0.2) is 11.6 Å². The van der Waals surface area contributed by atoms with Crippen LogP contribution >= 0.6 is 11.6 Å². The van der Waals surface area contributed by atoms with Crippen LogP contribution in [0.2, 0.25) is 5.02 Å². The van der Waals surface area contributed by atoms with Crippen molar-refractivity contribution in [2.45, 2.75) is 19.6 Å². The number of nitrogen functional groups attached to an aromatic ring is 1. The largest absolute Gasteiger partial charge is 0.418 e. The van der Waals surface area contributed by atoms with E-state index in [9.17, 15) is 18.0 Å². The minimum Gasteiger partial charge on any atom is -0.382 e. The van der Waals surface area contributed by atoms with E-state index in [0.29, 0.717) is 23.1 Å². The van der Waals surface area contributed by atoms with Crippen molar-refractivity contribution >= 4 is 34.7 Å². The summed E-state index contributed by atoms with van der Waals surface area (Å²) in [6.45, 7) is 2.14. The standard InChI is InChI=1S/C24H18ClF3N8O/c1-13-17(23(37)34-20-10-35(12-32-20)9-14-2-4-16(25)5-3-14)6-15(8-30-13)19-7-18(24(26,27)28)21-22(29)31-11-33-36(19)21/h2-8,10-12H,9H2,1H3,(H,34,37)(H2,29,31,33). The van der Waals surface area contributed by atoms with Gasteiger partial charge in [-0.1, -0.05) is 23.7 Å². The molecule has 0 fully saturated rings. The third-order valence-corrected chi connectivity index (χ3v) is 5.92. The molecule has 0 aliphatic heterocycles. The van der Waals surface area contributed by atoms with Crippen LogP contribution in [0.4, 0.5) is 24.8 Å². The maximum atomic E-state index is 13.7.